The summed E-state index contributed by atoms with van der Waals surface area (Å²) in [7, 11) is 0. The van der Waals surface area contributed by atoms with E-state index in [1.165, 1.54) is 42.3 Å². The lowest BCUT2D eigenvalue weighted by atomic mass is 9.88. The van der Waals surface area contributed by atoms with Gasteiger partial charge in [0.05, 0.1) is 5.69 Å². The van der Waals surface area contributed by atoms with Gasteiger partial charge in [-0.05, 0) is 74.9 Å². The van der Waals surface area contributed by atoms with Gasteiger partial charge in [0, 0.05) is 36.4 Å². The molecule has 3 aromatic rings. The molecule has 2 fully saturated rings. The molecule has 10 heteroatoms. The van der Waals surface area contributed by atoms with E-state index in [-0.39, 0.29) is 34.6 Å². The highest BCUT2D eigenvalue weighted by molar-refractivity contribution is 5.99. The van der Waals surface area contributed by atoms with Crippen molar-refractivity contribution in [3.8, 4) is 0 Å². The van der Waals surface area contributed by atoms with Gasteiger partial charge in [0.1, 0.15) is 17.0 Å². The third-order valence-corrected chi connectivity index (χ3v) is 7.30. The highest BCUT2D eigenvalue weighted by atomic mass is 19.1. The molecule has 0 bridgehead atoms. The molecule has 0 atom stereocenters. The molecule has 5 N–H and O–H groups in total. The quantitative estimate of drug-likeness (QED) is 0.330. The zero-order chi connectivity index (χ0) is 25.8. The number of aromatic nitrogens is 3. The second-order valence-electron chi connectivity index (χ2n) is 10.6. The highest BCUT2D eigenvalue weighted by Crippen LogP contribution is 2.50. The van der Waals surface area contributed by atoms with Crippen LogP contribution in [0.5, 0.6) is 0 Å². The first kappa shape index (κ1) is 23.7. The number of nitrogens with one attached hydrogen (secondary N) is 4. The number of halogens is 1. The maximum absolute atomic E-state index is 14.7. The molecule has 9 nitrogen and oxygen atoms in total. The van der Waals surface area contributed by atoms with Gasteiger partial charge in [-0.15, -0.1) is 0 Å². The molecule has 2 aromatic heterocycles. The standard InChI is InChI=1S/C27H30FN7O2/c1-15(2)31-24(36)18-13-30-25(32-17-3-4-19-16(11-17)12-29-14-26(19)7-8-26)35-22(18)34-23-20(28)5-6-21(33-23)27(37)9-10-27/h3-6,11,13,15,29,37H,7-10,12,14H2,1-2H3,(H,31,36)(H2,30,32,33,34,35). The van der Waals surface area contributed by atoms with Crippen molar-refractivity contribution in [2.75, 3.05) is 17.2 Å². The van der Waals surface area contributed by atoms with Gasteiger partial charge >= 0.3 is 0 Å². The monoisotopic (exact) mass is 503 g/mol. The molecule has 3 aliphatic rings. The van der Waals surface area contributed by atoms with Crippen LogP contribution in [-0.4, -0.2) is 38.6 Å². The van der Waals surface area contributed by atoms with Gasteiger partial charge < -0.3 is 26.4 Å². The van der Waals surface area contributed by atoms with Gasteiger partial charge in [-0.2, -0.15) is 4.98 Å². The Morgan fingerprint density at radius 2 is 1.89 bits per heavy atom. The van der Waals surface area contributed by atoms with Crippen molar-refractivity contribution in [2.24, 2.45) is 0 Å². The van der Waals surface area contributed by atoms with Gasteiger partial charge in [0.2, 0.25) is 5.95 Å². The Balaban J connectivity index is 1.31. The number of benzene rings is 1. The van der Waals surface area contributed by atoms with E-state index in [1.54, 1.807) is 0 Å². The maximum Gasteiger partial charge on any atom is 0.256 e. The maximum atomic E-state index is 14.7. The third-order valence-electron chi connectivity index (χ3n) is 7.30. The first-order valence-corrected chi connectivity index (χ1v) is 12.7. The molecular weight excluding hydrogens is 473 g/mol. The molecule has 1 aromatic carbocycles. The summed E-state index contributed by atoms with van der Waals surface area (Å²) in [5.41, 5.74) is 3.27. The fourth-order valence-corrected chi connectivity index (χ4v) is 4.91. The van der Waals surface area contributed by atoms with Crippen LogP contribution in [0.3, 0.4) is 0 Å². The predicted octanol–water partition coefficient (Wildman–Crippen LogP) is 3.75. The van der Waals surface area contributed by atoms with E-state index in [2.05, 4.69) is 48.4 Å². The molecule has 1 aliphatic heterocycles. The van der Waals surface area contributed by atoms with Crippen molar-refractivity contribution in [1.29, 1.82) is 0 Å². The Labute approximate surface area is 214 Å². The summed E-state index contributed by atoms with van der Waals surface area (Å²) in [6, 6.07) is 8.90. The van der Waals surface area contributed by atoms with E-state index in [4.69, 9.17) is 0 Å². The SMILES string of the molecule is CC(C)NC(=O)c1cnc(Nc2ccc3c(c2)CNCC32CC2)nc1Nc1nc(C2(O)CC2)ccc1F. The van der Waals surface area contributed by atoms with Crippen LogP contribution in [0.4, 0.5) is 27.7 Å². The summed E-state index contributed by atoms with van der Waals surface area (Å²) in [4.78, 5) is 26.0. The van der Waals surface area contributed by atoms with Crippen LogP contribution in [0.25, 0.3) is 0 Å². The number of carbonyl (C=O) groups is 1. The molecule has 0 radical (unpaired) electrons. The number of aliphatic hydroxyl groups is 1. The Morgan fingerprint density at radius 3 is 2.62 bits per heavy atom. The molecule has 0 saturated heterocycles. The predicted molar refractivity (Wildman–Crippen MR) is 138 cm³/mol. The summed E-state index contributed by atoms with van der Waals surface area (Å²) in [6.07, 6.45) is 4.98. The third kappa shape index (κ3) is 4.62. The summed E-state index contributed by atoms with van der Waals surface area (Å²) in [6.45, 7) is 5.52. The Morgan fingerprint density at radius 1 is 1.08 bits per heavy atom. The number of anilines is 4. The minimum atomic E-state index is -1.03. The minimum absolute atomic E-state index is 0.110. The Hall–Kier alpha value is -3.63. The molecule has 37 heavy (non-hydrogen) atoms. The topological polar surface area (TPSA) is 124 Å². The molecule has 3 heterocycles. The number of nitrogens with zero attached hydrogens (tertiary/aromatic N) is 3. The molecule has 6 rings (SSSR count). The van der Waals surface area contributed by atoms with Crippen LogP contribution in [0, 0.1) is 5.82 Å². The van der Waals surface area contributed by atoms with Crippen LogP contribution in [0.15, 0.2) is 36.5 Å². The number of amides is 1. The van der Waals surface area contributed by atoms with Gasteiger partial charge in [-0.1, -0.05) is 6.07 Å². The first-order chi connectivity index (χ1) is 17.7. The van der Waals surface area contributed by atoms with E-state index < -0.39 is 17.3 Å². The Kier molecular flexibility index (Phi) is 5.61. The fourth-order valence-electron chi connectivity index (χ4n) is 4.91. The first-order valence-electron chi connectivity index (χ1n) is 12.7. The van der Waals surface area contributed by atoms with E-state index in [9.17, 15) is 14.3 Å². The fraction of sp³-hybridized carbons (Fsp3) is 0.407. The van der Waals surface area contributed by atoms with Crippen molar-refractivity contribution < 1.29 is 14.3 Å². The van der Waals surface area contributed by atoms with Crippen LogP contribution in [-0.2, 0) is 17.6 Å². The zero-order valence-corrected chi connectivity index (χ0v) is 20.9. The van der Waals surface area contributed by atoms with Gasteiger partial charge in [0.15, 0.2) is 11.6 Å². The number of carbonyl (C=O) groups excluding carboxylic acids is 1. The normalized spacial score (nSPS) is 18.3. The lowest BCUT2D eigenvalue weighted by Crippen LogP contribution is -2.33. The van der Waals surface area contributed by atoms with E-state index in [0.717, 1.165) is 18.8 Å². The molecule has 1 spiro atoms. The van der Waals surface area contributed by atoms with Crippen LogP contribution >= 0.6 is 0 Å². The van der Waals surface area contributed by atoms with Crippen molar-refractivity contribution >= 4 is 29.2 Å². The second-order valence-corrected chi connectivity index (χ2v) is 10.6. The molecule has 1 amide bonds. The summed E-state index contributed by atoms with van der Waals surface area (Å²) < 4.78 is 14.7. The molecule has 2 saturated carbocycles. The summed E-state index contributed by atoms with van der Waals surface area (Å²) >= 11 is 0. The lowest BCUT2D eigenvalue weighted by molar-refractivity contribution is 0.0943. The van der Waals surface area contributed by atoms with Crippen LogP contribution < -0.4 is 21.3 Å². The van der Waals surface area contributed by atoms with Crippen molar-refractivity contribution in [1.82, 2.24) is 25.6 Å². The second kappa shape index (κ2) is 8.74. The van der Waals surface area contributed by atoms with E-state index in [1.807, 2.05) is 19.9 Å². The summed E-state index contributed by atoms with van der Waals surface area (Å²) in [5.74, 6) is -0.761. The van der Waals surface area contributed by atoms with Gasteiger partial charge in [-0.3, -0.25) is 4.79 Å². The number of pyridine rings is 1. The number of hydrogen-bond acceptors (Lipinski definition) is 8. The largest absolute Gasteiger partial charge is 0.384 e. The number of rotatable bonds is 7. The molecule has 192 valence electrons. The van der Waals surface area contributed by atoms with Gasteiger partial charge in [0.25, 0.3) is 5.91 Å². The molecular formula is C27H30FN7O2. The van der Waals surface area contributed by atoms with E-state index in [0.29, 0.717) is 18.5 Å². The minimum Gasteiger partial charge on any atom is -0.384 e. The van der Waals surface area contributed by atoms with Crippen LogP contribution in [0.2, 0.25) is 0 Å². The highest BCUT2D eigenvalue weighted by Gasteiger charge is 2.46. The lowest BCUT2D eigenvalue weighted by Gasteiger charge is -2.26. The molecule has 2 aliphatic carbocycles. The zero-order valence-electron chi connectivity index (χ0n) is 20.9. The van der Waals surface area contributed by atoms with Crippen molar-refractivity contribution in [3.63, 3.8) is 0 Å². The van der Waals surface area contributed by atoms with Crippen molar-refractivity contribution in [3.05, 3.63) is 64.7 Å². The number of hydrogen-bond donors (Lipinski definition) is 5. The Bertz CT molecular complexity index is 1390. The average molecular weight is 504 g/mol. The smallest absolute Gasteiger partial charge is 0.256 e. The average Bonchev–Trinajstić information content (AvgIpc) is 3.79. The van der Waals surface area contributed by atoms with Crippen molar-refractivity contribution in [2.45, 2.75) is 63.1 Å². The number of fused-ring (bicyclic) bond motifs is 2. The van der Waals surface area contributed by atoms with E-state index >= 15 is 0 Å². The summed E-state index contributed by atoms with van der Waals surface area (Å²) in [5, 5.41) is 22.9. The molecule has 0 unspecified atom stereocenters. The van der Waals surface area contributed by atoms with Gasteiger partial charge in [-0.25, -0.2) is 14.4 Å². The van der Waals surface area contributed by atoms with Crippen LogP contribution in [0.1, 0.15) is 66.7 Å².